The second-order valence-electron chi connectivity index (χ2n) is 9.49. The van der Waals surface area contributed by atoms with Gasteiger partial charge in [0.05, 0.1) is 38.1 Å². The summed E-state index contributed by atoms with van der Waals surface area (Å²) in [5.41, 5.74) is 1.72. The highest BCUT2D eigenvalue weighted by Gasteiger charge is 2.54. The van der Waals surface area contributed by atoms with Gasteiger partial charge in [-0.05, 0) is 59.9 Å². The standard InChI is InChI=1S/C30H30O9/c1-3-11-36-21-6-7-22-18(13-21)14-24(29(33)34)30(22,19-4-9-25-27(15-19)39-17-38-25)23-8-5-20(35-2)16-26(23)37-12-10-28(31)32/h4-9,13,15-16,24H,3,10-12,14,17H2,1-2H3,(H,31,32)(H,33,34). The Kier molecular flexibility index (Phi) is 7.24. The molecule has 0 amide bonds. The summed E-state index contributed by atoms with van der Waals surface area (Å²) >= 11 is 0. The van der Waals surface area contributed by atoms with Crippen LogP contribution in [0.15, 0.2) is 54.6 Å². The molecule has 2 aliphatic rings. The molecule has 0 saturated carbocycles. The van der Waals surface area contributed by atoms with Crippen molar-refractivity contribution < 1.29 is 43.5 Å². The maximum atomic E-state index is 13.0. The number of fused-ring (bicyclic) bond motifs is 2. The third-order valence-corrected chi connectivity index (χ3v) is 7.23. The van der Waals surface area contributed by atoms with E-state index in [2.05, 4.69) is 0 Å². The Morgan fingerprint density at radius 3 is 2.44 bits per heavy atom. The Morgan fingerprint density at radius 1 is 0.923 bits per heavy atom. The van der Waals surface area contributed by atoms with Crippen LogP contribution in [0.5, 0.6) is 28.7 Å². The molecule has 0 saturated heterocycles. The van der Waals surface area contributed by atoms with E-state index in [1.54, 1.807) is 24.3 Å². The van der Waals surface area contributed by atoms with E-state index >= 15 is 0 Å². The molecule has 0 fully saturated rings. The van der Waals surface area contributed by atoms with Crippen molar-refractivity contribution in [2.45, 2.75) is 31.6 Å². The summed E-state index contributed by atoms with van der Waals surface area (Å²) in [5, 5.41) is 19.9. The summed E-state index contributed by atoms with van der Waals surface area (Å²) in [4.78, 5) is 24.3. The van der Waals surface area contributed by atoms with Crippen LogP contribution in [0.1, 0.15) is 42.0 Å². The molecule has 0 bridgehead atoms. The van der Waals surface area contributed by atoms with Crippen molar-refractivity contribution in [1.29, 1.82) is 0 Å². The summed E-state index contributed by atoms with van der Waals surface area (Å²) in [6, 6.07) is 16.4. The second-order valence-corrected chi connectivity index (χ2v) is 9.49. The Morgan fingerprint density at radius 2 is 1.69 bits per heavy atom. The fourth-order valence-corrected chi connectivity index (χ4v) is 5.58. The van der Waals surface area contributed by atoms with Gasteiger partial charge in [0.25, 0.3) is 0 Å². The van der Waals surface area contributed by atoms with Gasteiger partial charge in [0, 0.05) is 11.6 Å². The molecule has 39 heavy (non-hydrogen) atoms. The van der Waals surface area contributed by atoms with Crippen molar-refractivity contribution in [2.24, 2.45) is 5.92 Å². The van der Waals surface area contributed by atoms with Crippen LogP contribution in [0.25, 0.3) is 0 Å². The monoisotopic (exact) mass is 534 g/mol. The molecule has 0 aromatic heterocycles. The average Bonchev–Trinajstić information content (AvgIpc) is 3.54. The topological polar surface area (TPSA) is 121 Å². The molecule has 9 nitrogen and oxygen atoms in total. The Balaban J connectivity index is 1.77. The second kappa shape index (κ2) is 10.8. The third-order valence-electron chi connectivity index (χ3n) is 7.23. The number of ether oxygens (including phenoxy) is 5. The lowest BCUT2D eigenvalue weighted by molar-refractivity contribution is -0.143. The normalized spacial score (nSPS) is 18.9. The number of benzene rings is 3. The number of hydrogen-bond acceptors (Lipinski definition) is 7. The predicted molar refractivity (Wildman–Crippen MR) is 140 cm³/mol. The highest BCUT2D eigenvalue weighted by atomic mass is 16.7. The zero-order valence-electron chi connectivity index (χ0n) is 21.8. The molecular weight excluding hydrogens is 504 g/mol. The Hall–Kier alpha value is -4.40. The van der Waals surface area contributed by atoms with Gasteiger partial charge in [-0.25, -0.2) is 0 Å². The van der Waals surface area contributed by atoms with E-state index in [1.165, 1.54) is 7.11 Å². The first-order valence-electron chi connectivity index (χ1n) is 12.8. The first-order chi connectivity index (χ1) is 18.9. The van der Waals surface area contributed by atoms with Crippen LogP contribution in [0.2, 0.25) is 0 Å². The first kappa shape index (κ1) is 26.2. The van der Waals surface area contributed by atoms with Crippen molar-refractivity contribution in [3.05, 3.63) is 76.9 Å². The molecule has 0 spiro atoms. The highest BCUT2D eigenvalue weighted by molar-refractivity contribution is 5.80. The summed E-state index contributed by atoms with van der Waals surface area (Å²) in [7, 11) is 1.52. The number of methoxy groups -OCH3 is 1. The molecule has 3 aromatic carbocycles. The molecule has 5 rings (SSSR count). The third kappa shape index (κ3) is 4.69. The van der Waals surface area contributed by atoms with Gasteiger partial charge in [0.1, 0.15) is 17.2 Å². The zero-order valence-corrected chi connectivity index (χ0v) is 21.8. The molecule has 204 valence electrons. The van der Waals surface area contributed by atoms with Crippen LogP contribution < -0.4 is 23.7 Å². The first-order valence-corrected chi connectivity index (χ1v) is 12.8. The van der Waals surface area contributed by atoms with E-state index in [4.69, 9.17) is 23.7 Å². The lowest BCUT2D eigenvalue weighted by Crippen LogP contribution is -2.39. The predicted octanol–water partition coefficient (Wildman–Crippen LogP) is 4.66. The number of carboxylic acid groups (broad SMARTS) is 2. The Bertz CT molecular complexity index is 1400. The molecule has 0 radical (unpaired) electrons. The minimum atomic E-state index is -1.20. The van der Waals surface area contributed by atoms with Crippen molar-refractivity contribution in [1.82, 2.24) is 0 Å². The SMILES string of the molecule is CCCOc1ccc2c(c1)CC(C(=O)O)C2(c1ccc2c(c1)OCO2)c1ccc(OC)cc1OCCC(=O)O. The van der Waals surface area contributed by atoms with E-state index in [-0.39, 0.29) is 26.2 Å². The molecule has 1 heterocycles. The van der Waals surface area contributed by atoms with Gasteiger partial charge in [0.2, 0.25) is 6.79 Å². The van der Waals surface area contributed by atoms with Crippen LogP contribution in [0, 0.1) is 5.92 Å². The lowest BCUT2D eigenvalue weighted by Gasteiger charge is -2.37. The molecule has 1 aliphatic carbocycles. The summed E-state index contributed by atoms with van der Waals surface area (Å²) < 4.78 is 28.5. The van der Waals surface area contributed by atoms with Crippen molar-refractivity contribution in [3.63, 3.8) is 0 Å². The molecular formula is C30H30O9. The summed E-state index contributed by atoms with van der Waals surface area (Å²) in [5.74, 6) is -0.272. The number of carbonyl (C=O) groups is 2. The van der Waals surface area contributed by atoms with Gasteiger partial charge in [-0.1, -0.05) is 25.1 Å². The lowest BCUT2D eigenvalue weighted by atomic mass is 9.64. The number of hydrogen-bond donors (Lipinski definition) is 2. The van der Waals surface area contributed by atoms with Gasteiger partial charge < -0.3 is 33.9 Å². The van der Waals surface area contributed by atoms with Crippen LogP contribution in [0.4, 0.5) is 0 Å². The molecule has 1 aliphatic heterocycles. The average molecular weight is 535 g/mol. The number of carboxylic acids is 2. The molecule has 9 heteroatoms. The minimum absolute atomic E-state index is 0.0783. The van der Waals surface area contributed by atoms with Gasteiger partial charge in [0.15, 0.2) is 11.5 Å². The molecule has 2 N–H and O–H groups in total. The largest absolute Gasteiger partial charge is 0.497 e. The fourth-order valence-electron chi connectivity index (χ4n) is 5.58. The quantitative estimate of drug-likeness (QED) is 0.362. The van der Waals surface area contributed by atoms with E-state index in [0.29, 0.717) is 46.5 Å². The van der Waals surface area contributed by atoms with Gasteiger partial charge in [-0.3, -0.25) is 9.59 Å². The highest BCUT2D eigenvalue weighted by Crippen LogP contribution is 2.57. The van der Waals surface area contributed by atoms with Crippen LogP contribution in [-0.2, 0) is 21.4 Å². The van der Waals surface area contributed by atoms with Crippen molar-refractivity contribution in [3.8, 4) is 28.7 Å². The smallest absolute Gasteiger partial charge is 0.308 e. The molecule has 3 aromatic rings. The van der Waals surface area contributed by atoms with Gasteiger partial charge in [-0.2, -0.15) is 0 Å². The summed E-state index contributed by atoms with van der Waals surface area (Å²) in [6.45, 7) is 2.55. The van der Waals surface area contributed by atoms with E-state index in [9.17, 15) is 19.8 Å². The van der Waals surface area contributed by atoms with Gasteiger partial charge >= 0.3 is 11.9 Å². The number of rotatable bonds is 11. The molecule has 2 unspecified atom stereocenters. The van der Waals surface area contributed by atoms with Crippen LogP contribution >= 0.6 is 0 Å². The van der Waals surface area contributed by atoms with E-state index < -0.39 is 23.3 Å². The Labute approximate surface area is 225 Å². The van der Waals surface area contributed by atoms with E-state index in [0.717, 1.165) is 17.5 Å². The van der Waals surface area contributed by atoms with E-state index in [1.807, 2.05) is 37.3 Å². The maximum absolute atomic E-state index is 13.0. The fraction of sp³-hybridized carbons (Fsp3) is 0.333. The number of aliphatic carboxylic acids is 2. The summed E-state index contributed by atoms with van der Waals surface area (Å²) in [6.07, 6.45) is 0.882. The maximum Gasteiger partial charge on any atom is 0.308 e. The van der Waals surface area contributed by atoms with Crippen molar-refractivity contribution >= 4 is 11.9 Å². The van der Waals surface area contributed by atoms with Crippen LogP contribution in [0.3, 0.4) is 0 Å². The van der Waals surface area contributed by atoms with Crippen molar-refractivity contribution in [2.75, 3.05) is 27.1 Å². The zero-order chi connectivity index (χ0) is 27.6. The van der Waals surface area contributed by atoms with Crippen LogP contribution in [-0.4, -0.2) is 49.3 Å². The minimum Gasteiger partial charge on any atom is -0.497 e. The van der Waals surface area contributed by atoms with Gasteiger partial charge in [-0.15, -0.1) is 0 Å². The molecule has 2 atom stereocenters.